The average molecular weight is 443 g/mol. The Kier molecular flexibility index (Phi) is 6.25. The van der Waals surface area contributed by atoms with Crippen LogP contribution < -0.4 is 4.74 Å². The van der Waals surface area contributed by atoms with Crippen molar-refractivity contribution in [3.05, 3.63) is 64.4 Å². The lowest BCUT2D eigenvalue weighted by atomic mass is 9.95. The van der Waals surface area contributed by atoms with E-state index < -0.39 is 17.7 Å². The summed E-state index contributed by atoms with van der Waals surface area (Å²) >= 11 is 6.16. The van der Waals surface area contributed by atoms with Crippen LogP contribution in [0, 0.1) is 0 Å². The summed E-state index contributed by atoms with van der Waals surface area (Å²) in [5, 5.41) is 11.5. The predicted molar refractivity (Wildman–Crippen MR) is 115 cm³/mol. The lowest BCUT2D eigenvalue weighted by Gasteiger charge is -2.27. The second-order valence-corrected chi connectivity index (χ2v) is 7.85. The Morgan fingerprint density at radius 2 is 2.06 bits per heavy atom. The molecule has 0 aliphatic carbocycles. The Hall–Kier alpha value is -2.90. The van der Waals surface area contributed by atoms with Gasteiger partial charge in [-0.25, -0.2) is 0 Å². The number of nitrogens with zero attached hydrogens (tertiary/aromatic N) is 2. The Morgan fingerprint density at radius 3 is 2.74 bits per heavy atom. The first-order valence-electron chi connectivity index (χ1n) is 10.2. The molecule has 0 bridgehead atoms. The van der Waals surface area contributed by atoms with Crippen molar-refractivity contribution in [1.29, 1.82) is 0 Å². The molecule has 0 spiro atoms. The number of halogens is 1. The van der Waals surface area contributed by atoms with Crippen LogP contribution in [0.1, 0.15) is 36.9 Å². The molecule has 2 aliphatic heterocycles. The Labute approximate surface area is 185 Å². The molecule has 7 nitrogen and oxygen atoms in total. The highest BCUT2D eigenvalue weighted by Crippen LogP contribution is 2.40. The Bertz CT molecular complexity index is 1020. The third kappa shape index (κ3) is 4.16. The predicted octanol–water partition coefficient (Wildman–Crippen LogP) is 3.73. The van der Waals surface area contributed by atoms with Crippen molar-refractivity contribution >= 4 is 29.1 Å². The summed E-state index contributed by atoms with van der Waals surface area (Å²) in [4.78, 5) is 31.5. The van der Waals surface area contributed by atoms with Gasteiger partial charge in [0.1, 0.15) is 11.5 Å². The van der Waals surface area contributed by atoms with Gasteiger partial charge in [-0.15, -0.1) is 0 Å². The van der Waals surface area contributed by atoms with Gasteiger partial charge in [0.25, 0.3) is 11.7 Å². The molecule has 1 amide bonds. The van der Waals surface area contributed by atoms with E-state index >= 15 is 0 Å². The molecule has 2 aliphatic rings. The quantitative estimate of drug-likeness (QED) is 0.416. The molecular formula is C23H23ClN2O5. The van der Waals surface area contributed by atoms with Crippen LogP contribution in [-0.4, -0.2) is 52.5 Å². The van der Waals surface area contributed by atoms with Crippen molar-refractivity contribution in [2.24, 2.45) is 0 Å². The van der Waals surface area contributed by atoms with Crippen LogP contribution in [0.15, 0.2) is 48.3 Å². The highest BCUT2D eigenvalue weighted by Gasteiger charge is 2.47. The van der Waals surface area contributed by atoms with Crippen molar-refractivity contribution in [2.45, 2.75) is 31.9 Å². The number of hydrogen-bond donors (Lipinski definition) is 1. The fraction of sp³-hybridized carbons (Fsp3) is 0.348. The number of aliphatic hydroxyl groups is 1. The maximum atomic E-state index is 13.0. The number of ether oxygens (including phenoxy) is 2. The molecule has 4 rings (SSSR count). The zero-order chi connectivity index (χ0) is 22.0. The van der Waals surface area contributed by atoms with Gasteiger partial charge in [-0.05, 0) is 55.7 Å². The molecule has 2 saturated heterocycles. The fourth-order valence-corrected chi connectivity index (χ4v) is 4.21. The van der Waals surface area contributed by atoms with Gasteiger partial charge in [0.2, 0.25) is 0 Å². The molecule has 0 saturated carbocycles. The van der Waals surface area contributed by atoms with Crippen LogP contribution >= 0.6 is 11.6 Å². The van der Waals surface area contributed by atoms with Crippen LogP contribution in [0.3, 0.4) is 0 Å². The summed E-state index contributed by atoms with van der Waals surface area (Å²) in [5.41, 5.74) is 1.06. The second-order valence-electron chi connectivity index (χ2n) is 7.45. The Morgan fingerprint density at radius 1 is 1.29 bits per heavy atom. The first kappa shape index (κ1) is 21.3. The second kappa shape index (κ2) is 9.08. The summed E-state index contributed by atoms with van der Waals surface area (Å²) < 4.78 is 11.2. The fourth-order valence-electron chi connectivity index (χ4n) is 4.04. The highest BCUT2D eigenvalue weighted by atomic mass is 35.5. The largest absolute Gasteiger partial charge is 0.507 e. The van der Waals surface area contributed by atoms with Crippen molar-refractivity contribution in [3.8, 4) is 5.75 Å². The first-order chi connectivity index (χ1) is 15.0. The van der Waals surface area contributed by atoms with Gasteiger partial charge in [0.15, 0.2) is 0 Å². The van der Waals surface area contributed by atoms with E-state index in [1.165, 1.54) is 4.90 Å². The van der Waals surface area contributed by atoms with Crippen LogP contribution in [0.4, 0.5) is 0 Å². The molecule has 2 fully saturated rings. The van der Waals surface area contributed by atoms with E-state index in [0.717, 1.165) is 12.8 Å². The SMILES string of the molecule is CCOc1cc(/C(O)=C2/C(=O)C(=O)N(CC3CCCO3)C2c2ccncc2)ccc1Cl. The molecule has 162 valence electrons. The van der Waals surface area contributed by atoms with E-state index in [-0.39, 0.29) is 24.0 Å². The molecule has 1 aromatic heterocycles. The van der Waals surface area contributed by atoms with Gasteiger partial charge in [-0.1, -0.05) is 11.6 Å². The van der Waals surface area contributed by atoms with E-state index in [1.807, 2.05) is 6.92 Å². The number of likely N-dealkylation sites (tertiary alicyclic amines) is 1. The molecule has 2 aromatic rings. The minimum atomic E-state index is -0.738. The standard InChI is InChI=1S/C23H23ClN2O5/c1-2-30-18-12-15(5-6-17(18)24)21(27)19-20(14-7-9-25-10-8-14)26(23(29)22(19)28)13-16-4-3-11-31-16/h5-10,12,16,20,27H,2-4,11,13H2,1H3/b21-19-. The van der Waals surface area contributed by atoms with E-state index in [4.69, 9.17) is 21.1 Å². The number of Topliss-reactive ketones (excluding diaryl/α,β-unsaturated/α-hetero) is 1. The molecule has 2 unspecified atom stereocenters. The van der Waals surface area contributed by atoms with Crippen molar-refractivity contribution < 1.29 is 24.2 Å². The zero-order valence-corrected chi connectivity index (χ0v) is 17.8. The van der Waals surface area contributed by atoms with Gasteiger partial charge in [0, 0.05) is 31.1 Å². The van der Waals surface area contributed by atoms with Gasteiger partial charge in [-0.3, -0.25) is 14.6 Å². The number of amides is 1. The smallest absolute Gasteiger partial charge is 0.295 e. The number of aliphatic hydroxyl groups excluding tert-OH is 1. The highest BCUT2D eigenvalue weighted by molar-refractivity contribution is 6.46. The van der Waals surface area contributed by atoms with E-state index in [1.54, 1.807) is 42.7 Å². The molecule has 1 aromatic carbocycles. The number of aromatic nitrogens is 1. The molecule has 31 heavy (non-hydrogen) atoms. The summed E-state index contributed by atoms with van der Waals surface area (Å²) in [7, 11) is 0. The van der Waals surface area contributed by atoms with E-state index in [0.29, 0.717) is 35.1 Å². The molecule has 0 radical (unpaired) electrons. The van der Waals surface area contributed by atoms with E-state index in [9.17, 15) is 14.7 Å². The molecule has 8 heteroatoms. The summed E-state index contributed by atoms with van der Waals surface area (Å²) in [6.07, 6.45) is 4.79. The number of carbonyl (C=O) groups is 2. The third-order valence-corrected chi connectivity index (χ3v) is 5.80. The minimum absolute atomic E-state index is 0.0268. The van der Waals surface area contributed by atoms with Gasteiger partial charge in [0.05, 0.1) is 29.3 Å². The van der Waals surface area contributed by atoms with Crippen LogP contribution in [0.2, 0.25) is 5.02 Å². The van der Waals surface area contributed by atoms with Gasteiger partial charge >= 0.3 is 0 Å². The maximum Gasteiger partial charge on any atom is 0.295 e. The summed E-state index contributed by atoms with van der Waals surface area (Å²) in [6, 6.07) is 7.49. The average Bonchev–Trinajstić information content (AvgIpc) is 3.38. The summed E-state index contributed by atoms with van der Waals surface area (Å²) in [5.74, 6) is -1.27. The lowest BCUT2D eigenvalue weighted by molar-refractivity contribution is -0.140. The number of benzene rings is 1. The van der Waals surface area contributed by atoms with Crippen LogP contribution in [0.5, 0.6) is 5.75 Å². The monoisotopic (exact) mass is 442 g/mol. The number of rotatable bonds is 6. The van der Waals surface area contributed by atoms with Crippen LogP contribution in [-0.2, 0) is 14.3 Å². The van der Waals surface area contributed by atoms with Gasteiger partial charge < -0.3 is 19.5 Å². The van der Waals surface area contributed by atoms with Crippen LogP contribution in [0.25, 0.3) is 5.76 Å². The number of carbonyl (C=O) groups excluding carboxylic acids is 2. The maximum absolute atomic E-state index is 13.0. The number of ketones is 1. The zero-order valence-electron chi connectivity index (χ0n) is 17.1. The molecular weight excluding hydrogens is 420 g/mol. The molecule has 1 N–H and O–H groups in total. The number of pyridine rings is 1. The normalized spacial score (nSPS) is 22.8. The van der Waals surface area contributed by atoms with E-state index in [2.05, 4.69) is 4.98 Å². The topological polar surface area (TPSA) is 89.0 Å². The van der Waals surface area contributed by atoms with Crippen molar-refractivity contribution in [2.75, 3.05) is 19.8 Å². The number of hydrogen-bond acceptors (Lipinski definition) is 6. The third-order valence-electron chi connectivity index (χ3n) is 5.49. The lowest BCUT2D eigenvalue weighted by Crippen LogP contribution is -2.36. The molecule has 2 atom stereocenters. The van der Waals surface area contributed by atoms with Gasteiger partial charge in [-0.2, -0.15) is 0 Å². The minimum Gasteiger partial charge on any atom is -0.507 e. The Balaban J connectivity index is 1.81. The summed E-state index contributed by atoms with van der Waals surface area (Å²) in [6.45, 7) is 3.13. The first-order valence-corrected chi connectivity index (χ1v) is 10.6. The molecule has 3 heterocycles. The van der Waals surface area contributed by atoms with Crippen molar-refractivity contribution in [3.63, 3.8) is 0 Å². The van der Waals surface area contributed by atoms with Crippen molar-refractivity contribution in [1.82, 2.24) is 9.88 Å².